The summed E-state index contributed by atoms with van der Waals surface area (Å²) in [4.78, 5) is 28.9. The SMILES string of the molecule is O=C(O)c1ccc(S(=O)(=O)N(Cc2ccc(N3CCCC3=O)cc2)c2ncc(Cl)cc2Cl)cc1. The number of halogens is 2. The van der Waals surface area contributed by atoms with Crippen molar-refractivity contribution in [1.82, 2.24) is 4.98 Å². The van der Waals surface area contributed by atoms with E-state index in [9.17, 15) is 18.0 Å². The minimum absolute atomic E-state index is 0.0211. The summed E-state index contributed by atoms with van der Waals surface area (Å²) in [7, 11) is -4.18. The van der Waals surface area contributed by atoms with E-state index < -0.39 is 16.0 Å². The summed E-state index contributed by atoms with van der Waals surface area (Å²) < 4.78 is 28.2. The average molecular weight is 520 g/mol. The largest absolute Gasteiger partial charge is 0.478 e. The normalized spacial score (nSPS) is 13.8. The molecule has 0 unspecified atom stereocenters. The van der Waals surface area contributed by atoms with Crippen LogP contribution in [0.2, 0.25) is 10.0 Å². The molecule has 8 nitrogen and oxygen atoms in total. The summed E-state index contributed by atoms with van der Waals surface area (Å²) in [6.07, 6.45) is 2.60. The third-order valence-electron chi connectivity index (χ3n) is 5.36. The molecular formula is C23H19Cl2N3O5S. The quantitative estimate of drug-likeness (QED) is 0.488. The van der Waals surface area contributed by atoms with Crippen molar-refractivity contribution in [2.75, 3.05) is 15.7 Å². The third-order valence-corrected chi connectivity index (χ3v) is 7.60. The number of carbonyl (C=O) groups excluding carboxylic acids is 1. The van der Waals surface area contributed by atoms with Crippen LogP contribution in [0.15, 0.2) is 65.7 Å². The van der Waals surface area contributed by atoms with Crippen LogP contribution in [-0.2, 0) is 21.4 Å². The fourth-order valence-electron chi connectivity index (χ4n) is 3.63. The van der Waals surface area contributed by atoms with Gasteiger partial charge in [-0.25, -0.2) is 22.5 Å². The molecule has 3 aromatic rings. The van der Waals surface area contributed by atoms with Crippen molar-refractivity contribution in [2.45, 2.75) is 24.3 Å². The summed E-state index contributed by atoms with van der Waals surface area (Å²) in [5, 5.41) is 9.40. The number of hydrogen-bond acceptors (Lipinski definition) is 5. The Morgan fingerprint density at radius 1 is 1.09 bits per heavy atom. The zero-order chi connectivity index (χ0) is 24.5. The molecule has 2 aromatic carbocycles. The molecule has 1 aliphatic heterocycles. The molecule has 1 N–H and O–H groups in total. The fourth-order valence-corrected chi connectivity index (χ4v) is 5.59. The van der Waals surface area contributed by atoms with Gasteiger partial charge in [0, 0.05) is 24.8 Å². The third kappa shape index (κ3) is 4.86. The first kappa shape index (κ1) is 24.0. The highest BCUT2D eigenvalue weighted by Gasteiger charge is 2.29. The maximum absolute atomic E-state index is 13.6. The van der Waals surface area contributed by atoms with Gasteiger partial charge in [-0.2, -0.15) is 0 Å². The van der Waals surface area contributed by atoms with Crippen LogP contribution < -0.4 is 9.21 Å². The fraction of sp³-hybridized carbons (Fsp3) is 0.174. The van der Waals surface area contributed by atoms with Crippen LogP contribution in [0.25, 0.3) is 0 Å². The van der Waals surface area contributed by atoms with Crippen LogP contribution in [0, 0.1) is 0 Å². The molecule has 1 aliphatic rings. The van der Waals surface area contributed by atoms with E-state index in [1.807, 2.05) is 0 Å². The number of amides is 1. The zero-order valence-electron chi connectivity index (χ0n) is 17.7. The topological polar surface area (TPSA) is 108 Å². The Hall–Kier alpha value is -3.14. The van der Waals surface area contributed by atoms with Gasteiger partial charge in [-0.05, 0) is 54.4 Å². The highest BCUT2D eigenvalue weighted by atomic mass is 35.5. The van der Waals surface area contributed by atoms with Crippen LogP contribution in [0.3, 0.4) is 0 Å². The van der Waals surface area contributed by atoms with Gasteiger partial charge in [0.25, 0.3) is 10.0 Å². The molecule has 1 saturated heterocycles. The highest BCUT2D eigenvalue weighted by Crippen LogP contribution is 2.32. The number of anilines is 2. The standard InChI is InChI=1S/C23H19Cl2N3O5S/c24-17-12-20(25)22(26-13-17)28(34(32,33)19-9-5-16(6-10-19)23(30)31)14-15-3-7-18(8-4-15)27-11-1-2-21(27)29/h3-10,12-13H,1-2,11,14H2,(H,30,31). The zero-order valence-corrected chi connectivity index (χ0v) is 20.0. The second kappa shape index (κ2) is 9.61. The van der Waals surface area contributed by atoms with Gasteiger partial charge in [0.15, 0.2) is 5.82 Å². The number of hydrogen-bond donors (Lipinski definition) is 1. The van der Waals surface area contributed by atoms with Crippen molar-refractivity contribution in [3.63, 3.8) is 0 Å². The average Bonchev–Trinajstić information content (AvgIpc) is 3.24. The molecule has 2 heterocycles. The van der Waals surface area contributed by atoms with Crippen LogP contribution in [-0.4, -0.2) is 36.9 Å². The molecular weight excluding hydrogens is 501 g/mol. The van der Waals surface area contributed by atoms with Crippen molar-refractivity contribution >= 4 is 56.6 Å². The monoisotopic (exact) mass is 519 g/mol. The number of carboxylic acid groups (broad SMARTS) is 1. The molecule has 4 rings (SSSR count). The first-order valence-electron chi connectivity index (χ1n) is 10.2. The predicted molar refractivity (Wildman–Crippen MR) is 129 cm³/mol. The highest BCUT2D eigenvalue weighted by molar-refractivity contribution is 7.92. The Labute approximate surface area is 206 Å². The number of rotatable bonds is 7. The summed E-state index contributed by atoms with van der Waals surface area (Å²) >= 11 is 12.3. The lowest BCUT2D eigenvalue weighted by Gasteiger charge is -2.25. The number of carboxylic acids is 1. The van der Waals surface area contributed by atoms with E-state index in [1.165, 1.54) is 36.5 Å². The van der Waals surface area contributed by atoms with Gasteiger partial charge < -0.3 is 10.0 Å². The predicted octanol–water partition coefficient (Wildman–Crippen LogP) is 4.61. The first-order chi connectivity index (χ1) is 16.2. The van der Waals surface area contributed by atoms with Gasteiger partial charge in [0.1, 0.15) is 0 Å². The van der Waals surface area contributed by atoms with Gasteiger partial charge in [-0.3, -0.25) is 4.79 Å². The van der Waals surface area contributed by atoms with Crippen LogP contribution in [0.1, 0.15) is 28.8 Å². The van der Waals surface area contributed by atoms with Gasteiger partial charge in [-0.1, -0.05) is 35.3 Å². The lowest BCUT2D eigenvalue weighted by atomic mass is 10.2. The molecule has 11 heteroatoms. The van der Waals surface area contributed by atoms with E-state index in [2.05, 4.69) is 4.98 Å². The second-order valence-electron chi connectivity index (χ2n) is 7.62. The van der Waals surface area contributed by atoms with Crippen LogP contribution >= 0.6 is 23.2 Å². The van der Waals surface area contributed by atoms with Crippen molar-refractivity contribution in [3.05, 3.63) is 82.0 Å². The lowest BCUT2D eigenvalue weighted by molar-refractivity contribution is -0.117. The van der Waals surface area contributed by atoms with E-state index in [1.54, 1.807) is 29.2 Å². The van der Waals surface area contributed by atoms with Crippen molar-refractivity contribution in [2.24, 2.45) is 0 Å². The minimum Gasteiger partial charge on any atom is -0.478 e. The van der Waals surface area contributed by atoms with Gasteiger partial charge in [0.05, 0.1) is 27.0 Å². The van der Waals surface area contributed by atoms with Gasteiger partial charge in [-0.15, -0.1) is 0 Å². The number of sulfonamides is 1. The van der Waals surface area contributed by atoms with Crippen molar-refractivity contribution in [3.8, 4) is 0 Å². The molecule has 176 valence electrons. The van der Waals surface area contributed by atoms with Crippen molar-refractivity contribution < 1.29 is 23.1 Å². The number of pyridine rings is 1. The molecule has 1 aromatic heterocycles. The molecule has 0 radical (unpaired) electrons. The maximum Gasteiger partial charge on any atom is 0.335 e. The Morgan fingerprint density at radius 3 is 2.32 bits per heavy atom. The molecule has 0 saturated carbocycles. The molecule has 0 bridgehead atoms. The smallest absolute Gasteiger partial charge is 0.335 e. The Bertz CT molecular complexity index is 1350. The Balaban J connectivity index is 1.71. The summed E-state index contributed by atoms with van der Waals surface area (Å²) in [6.45, 7) is 0.543. The van der Waals surface area contributed by atoms with Crippen LogP contribution in [0.5, 0.6) is 0 Å². The first-order valence-corrected chi connectivity index (χ1v) is 12.4. The second-order valence-corrected chi connectivity index (χ2v) is 10.3. The number of aromatic nitrogens is 1. The van der Waals surface area contributed by atoms with Crippen molar-refractivity contribution in [1.29, 1.82) is 0 Å². The van der Waals surface area contributed by atoms with Gasteiger partial charge in [0.2, 0.25) is 5.91 Å². The van der Waals surface area contributed by atoms with Crippen LogP contribution in [0.4, 0.5) is 11.5 Å². The number of aromatic carboxylic acids is 1. The number of nitrogens with zero attached hydrogens (tertiary/aromatic N) is 3. The molecule has 0 aliphatic carbocycles. The summed E-state index contributed by atoms with van der Waals surface area (Å²) in [5.41, 5.74) is 1.33. The van der Waals surface area contributed by atoms with E-state index in [-0.39, 0.29) is 38.8 Å². The van der Waals surface area contributed by atoms with Gasteiger partial charge >= 0.3 is 5.97 Å². The van der Waals surface area contributed by atoms with E-state index in [4.69, 9.17) is 28.3 Å². The van der Waals surface area contributed by atoms with E-state index >= 15 is 0 Å². The molecule has 0 atom stereocenters. The van der Waals surface area contributed by atoms with E-state index in [0.717, 1.165) is 16.4 Å². The number of carbonyl (C=O) groups is 2. The molecule has 1 amide bonds. The Kier molecular flexibility index (Phi) is 6.79. The molecule has 0 spiro atoms. The minimum atomic E-state index is -4.18. The van der Waals surface area contributed by atoms with E-state index in [0.29, 0.717) is 18.5 Å². The molecule has 1 fully saturated rings. The summed E-state index contributed by atoms with van der Waals surface area (Å²) in [6, 6.07) is 13.3. The summed E-state index contributed by atoms with van der Waals surface area (Å²) in [5.74, 6) is -1.13. The Morgan fingerprint density at radius 2 is 1.76 bits per heavy atom. The number of benzene rings is 2. The molecule has 34 heavy (non-hydrogen) atoms. The lowest BCUT2D eigenvalue weighted by Crippen LogP contribution is -2.31. The maximum atomic E-state index is 13.6.